The van der Waals surface area contributed by atoms with Gasteiger partial charge >= 0.3 is 0 Å². The first-order valence-electron chi connectivity index (χ1n) is 3.93. The van der Waals surface area contributed by atoms with E-state index in [0.29, 0.717) is 5.56 Å². The molecule has 1 rings (SSSR count). The summed E-state index contributed by atoms with van der Waals surface area (Å²) in [6, 6.07) is 8.51. The summed E-state index contributed by atoms with van der Waals surface area (Å²) in [6.07, 6.45) is -0.395. The van der Waals surface area contributed by atoms with Gasteiger partial charge in [0, 0.05) is 5.56 Å². The molecule has 0 heterocycles. The van der Waals surface area contributed by atoms with Gasteiger partial charge in [-0.2, -0.15) is 0 Å². The van der Waals surface area contributed by atoms with Crippen LogP contribution in [-0.2, 0) is 4.84 Å². The van der Waals surface area contributed by atoms with E-state index in [1.807, 2.05) is 0 Å². The molecule has 12 heavy (non-hydrogen) atoms. The highest BCUT2D eigenvalue weighted by Gasteiger charge is 1.99. The van der Waals surface area contributed by atoms with E-state index < -0.39 is 12.0 Å². The molecule has 3 nitrogen and oxygen atoms in total. The Morgan fingerprint density at radius 1 is 1.58 bits per heavy atom. The number of Topliss-reactive ketones (excluding diaryl/α,β-unsaturated/α-hetero) is 1. The van der Waals surface area contributed by atoms with Crippen molar-refractivity contribution in [2.45, 2.75) is 0 Å². The van der Waals surface area contributed by atoms with Gasteiger partial charge in [0.2, 0.25) is 5.78 Å². The van der Waals surface area contributed by atoms with Crippen molar-refractivity contribution in [2.24, 2.45) is 5.16 Å². The van der Waals surface area contributed by atoms with Crippen molar-refractivity contribution in [1.29, 1.82) is 0 Å². The smallest absolute Gasteiger partial charge is 0.207 e. The fourth-order valence-electron chi connectivity index (χ4n) is 0.741. The Bertz CT molecular complexity index is 322. The van der Waals surface area contributed by atoms with Crippen LogP contribution < -0.4 is 0 Å². The molecule has 1 aromatic rings. The Hall–Kier alpha value is -1.64. The molecule has 0 aliphatic heterocycles. The maximum Gasteiger partial charge on any atom is 0.207 e. The summed E-state index contributed by atoms with van der Waals surface area (Å²) in [5, 5.41) is 3.23. The standard InChI is InChI=1S/C9H9NO2/c1-12-10-7-9(11)8-5-3-2-4-6-8/h2-7H,1H3/b10-7+/i7D. The van der Waals surface area contributed by atoms with Gasteiger partial charge in [0.05, 0.1) is 1.37 Å². The van der Waals surface area contributed by atoms with Crippen LogP contribution in [-0.4, -0.2) is 19.1 Å². The molecule has 0 bridgehead atoms. The molecule has 0 radical (unpaired) electrons. The third-order valence-corrected chi connectivity index (χ3v) is 1.27. The largest absolute Gasteiger partial charge is 0.399 e. The Kier molecular flexibility index (Phi) is 2.51. The highest BCUT2D eigenvalue weighted by atomic mass is 16.6. The maximum atomic E-state index is 11.3. The van der Waals surface area contributed by atoms with Crippen molar-refractivity contribution >= 4 is 12.0 Å². The predicted octanol–water partition coefficient (Wildman–Crippen LogP) is 1.50. The van der Waals surface area contributed by atoms with Gasteiger partial charge in [-0.15, -0.1) is 0 Å². The van der Waals surface area contributed by atoms with Gasteiger partial charge in [-0.1, -0.05) is 35.5 Å². The molecular weight excluding hydrogens is 154 g/mol. The zero-order valence-corrected chi connectivity index (χ0v) is 6.65. The van der Waals surface area contributed by atoms with Crippen LogP contribution in [0, 0.1) is 0 Å². The van der Waals surface area contributed by atoms with Crippen molar-refractivity contribution in [3.8, 4) is 0 Å². The number of hydrogen-bond donors (Lipinski definition) is 0. The topological polar surface area (TPSA) is 38.7 Å². The highest BCUT2D eigenvalue weighted by Crippen LogP contribution is 1.97. The minimum absolute atomic E-state index is 0.395. The summed E-state index contributed by atoms with van der Waals surface area (Å²) < 4.78 is 7.19. The van der Waals surface area contributed by atoms with Crippen molar-refractivity contribution in [3.63, 3.8) is 0 Å². The zero-order chi connectivity index (χ0) is 9.68. The second kappa shape index (κ2) is 4.28. The molecular formula is C9H9NO2. The molecule has 3 heteroatoms. The first kappa shape index (κ1) is 7.03. The fraction of sp³-hybridized carbons (Fsp3) is 0.111. The zero-order valence-electron chi connectivity index (χ0n) is 7.65. The summed E-state index contributed by atoms with van der Waals surface area (Å²) in [7, 11) is 1.30. The molecule has 0 aliphatic rings. The summed E-state index contributed by atoms with van der Waals surface area (Å²) >= 11 is 0. The summed E-state index contributed by atoms with van der Waals surface area (Å²) in [6.45, 7) is 0. The molecule has 0 spiro atoms. The first-order chi connectivity index (χ1) is 6.25. The highest BCUT2D eigenvalue weighted by molar-refractivity contribution is 6.35. The molecule has 0 unspecified atom stereocenters. The molecule has 1 aromatic carbocycles. The van der Waals surface area contributed by atoms with Crippen molar-refractivity contribution in [1.82, 2.24) is 0 Å². The fourth-order valence-corrected chi connectivity index (χ4v) is 0.741. The quantitative estimate of drug-likeness (QED) is 0.386. The Balaban J connectivity index is 2.86. The SMILES string of the molecule is [2H]/C(=N\OC)C(=O)c1ccccc1. The number of rotatable bonds is 3. The Labute approximate surface area is 72.1 Å². The van der Waals surface area contributed by atoms with E-state index in [1.54, 1.807) is 30.3 Å². The van der Waals surface area contributed by atoms with Crippen LogP contribution in [0.3, 0.4) is 0 Å². The third-order valence-electron chi connectivity index (χ3n) is 1.27. The lowest BCUT2D eigenvalue weighted by Gasteiger charge is -1.91. The van der Waals surface area contributed by atoms with Crippen molar-refractivity contribution in [2.75, 3.05) is 7.11 Å². The average molecular weight is 164 g/mol. The molecule has 0 fully saturated rings. The van der Waals surface area contributed by atoms with E-state index in [9.17, 15) is 4.79 Å². The van der Waals surface area contributed by atoms with Crippen LogP contribution in [0.4, 0.5) is 0 Å². The van der Waals surface area contributed by atoms with Gasteiger partial charge in [-0.3, -0.25) is 4.79 Å². The van der Waals surface area contributed by atoms with E-state index in [-0.39, 0.29) is 0 Å². The van der Waals surface area contributed by atoms with Crippen LogP contribution in [0.15, 0.2) is 35.5 Å². The second-order valence-electron chi connectivity index (χ2n) is 2.08. The molecule has 0 N–H and O–H groups in total. The average Bonchev–Trinajstić information content (AvgIpc) is 2.18. The van der Waals surface area contributed by atoms with Crippen molar-refractivity contribution < 1.29 is 11.0 Å². The molecule has 0 atom stereocenters. The Morgan fingerprint density at radius 2 is 2.25 bits per heavy atom. The molecule has 0 amide bonds. The van der Waals surface area contributed by atoms with Gasteiger partial charge < -0.3 is 4.84 Å². The van der Waals surface area contributed by atoms with Crippen LogP contribution in [0.1, 0.15) is 11.7 Å². The number of nitrogens with zero attached hydrogens (tertiary/aromatic N) is 1. The number of hydrogen-bond acceptors (Lipinski definition) is 3. The third kappa shape index (κ3) is 2.20. The van der Waals surface area contributed by atoms with Crippen LogP contribution in [0.5, 0.6) is 0 Å². The van der Waals surface area contributed by atoms with Gasteiger partial charge in [0.25, 0.3) is 0 Å². The lowest BCUT2D eigenvalue weighted by atomic mass is 10.1. The monoisotopic (exact) mass is 164 g/mol. The lowest BCUT2D eigenvalue weighted by Crippen LogP contribution is -1.99. The minimum atomic E-state index is -0.442. The molecule has 0 saturated heterocycles. The number of carbonyl (C=O) groups excluding carboxylic acids is 1. The van der Waals surface area contributed by atoms with Gasteiger partial charge in [0.1, 0.15) is 13.3 Å². The van der Waals surface area contributed by atoms with E-state index in [1.165, 1.54) is 7.11 Å². The Morgan fingerprint density at radius 3 is 2.83 bits per heavy atom. The van der Waals surface area contributed by atoms with E-state index in [0.717, 1.165) is 0 Å². The van der Waals surface area contributed by atoms with Gasteiger partial charge in [0.15, 0.2) is 0 Å². The summed E-state index contributed by atoms with van der Waals surface area (Å²) in [5.41, 5.74) is 0.438. The molecule has 0 aromatic heterocycles. The van der Waals surface area contributed by atoms with Gasteiger partial charge in [-0.25, -0.2) is 0 Å². The van der Waals surface area contributed by atoms with Crippen LogP contribution >= 0.6 is 0 Å². The first-order valence-corrected chi connectivity index (χ1v) is 3.43. The molecule has 0 saturated carbocycles. The lowest BCUT2D eigenvalue weighted by molar-refractivity contribution is 0.106. The van der Waals surface area contributed by atoms with E-state index in [2.05, 4.69) is 9.99 Å². The number of carbonyl (C=O) groups is 1. The van der Waals surface area contributed by atoms with Crippen molar-refractivity contribution in [3.05, 3.63) is 35.9 Å². The second-order valence-corrected chi connectivity index (χ2v) is 2.08. The van der Waals surface area contributed by atoms with E-state index in [4.69, 9.17) is 1.37 Å². The summed E-state index contributed by atoms with van der Waals surface area (Å²) in [5.74, 6) is -0.442. The summed E-state index contributed by atoms with van der Waals surface area (Å²) in [4.78, 5) is 15.7. The normalized spacial score (nSPS) is 12.1. The number of ketones is 1. The minimum Gasteiger partial charge on any atom is -0.399 e. The van der Waals surface area contributed by atoms with Crippen LogP contribution in [0.25, 0.3) is 0 Å². The maximum absolute atomic E-state index is 11.3. The van der Waals surface area contributed by atoms with Gasteiger partial charge in [-0.05, 0) is 0 Å². The molecule has 0 aliphatic carbocycles. The molecule has 62 valence electrons. The number of benzene rings is 1. The van der Waals surface area contributed by atoms with E-state index >= 15 is 0 Å². The number of oxime groups is 1. The van der Waals surface area contributed by atoms with Crippen LogP contribution in [0.2, 0.25) is 0 Å². The predicted molar refractivity (Wildman–Crippen MR) is 46.3 cm³/mol.